The van der Waals surface area contributed by atoms with Gasteiger partial charge in [-0.05, 0) is 19.4 Å². The van der Waals surface area contributed by atoms with Crippen LogP contribution < -0.4 is 0 Å². The molecule has 16 heavy (non-hydrogen) atoms. The largest absolute Gasteiger partial charge is 0.389 e. The van der Waals surface area contributed by atoms with Gasteiger partial charge in [0, 0.05) is 20.1 Å². The molecule has 0 aromatic carbocycles. The maximum absolute atomic E-state index is 12.2. The van der Waals surface area contributed by atoms with Crippen LogP contribution in [0.2, 0.25) is 0 Å². The minimum absolute atomic E-state index is 0.139. The highest BCUT2D eigenvalue weighted by atomic mass is 32.2. The lowest BCUT2D eigenvalue weighted by Gasteiger charge is -2.18. The summed E-state index contributed by atoms with van der Waals surface area (Å²) in [4.78, 5) is 0. The average molecular weight is 245 g/mol. The standard InChI is InChI=1S/C9H15N3O3S/c1-9(13)4-6-12(7-9)16(14,15)8-3-5-10-11(8)2/h3,5,13H,4,6-7H2,1-2H3. The number of sulfonamides is 1. The van der Waals surface area contributed by atoms with E-state index in [1.807, 2.05) is 0 Å². The molecule has 2 heterocycles. The molecule has 1 aromatic heterocycles. The van der Waals surface area contributed by atoms with Gasteiger partial charge in [0.1, 0.15) is 0 Å². The summed E-state index contributed by atoms with van der Waals surface area (Å²) in [5, 5.41) is 13.8. The first-order chi connectivity index (χ1) is 7.33. The van der Waals surface area contributed by atoms with E-state index in [0.29, 0.717) is 13.0 Å². The van der Waals surface area contributed by atoms with Crippen molar-refractivity contribution in [2.45, 2.75) is 24.0 Å². The Morgan fingerprint density at radius 3 is 2.69 bits per heavy atom. The number of aryl methyl sites for hydroxylation is 1. The number of nitrogens with zero attached hydrogens (tertiary/aromatic N) is 3. The molecular weight excluding hydrogens is 230 g/mol. The van der Waals surface area contributed by atoms with Gasteiger partial charge in [0.2, 0.25) is 0 Å². The van der Waals surface area contributed by atoms with E-state index in [-0.39, 0.29) is 11.6 Å². The van der Waals surface area contributed by atoms with Crippen molar-refractivity contribution >= 4 is 10.0 Å². The van der Waals surface area contributed by atoms with Crippen LogP contribution in [-0.4, -0.2) is 46.3 Å². The Kier molecular flexibility index (Phi) is 2.56. The molecule has 0 bridgehead atoms. The Balaban J connectivity index is 2.32. The summed E-state index contributed by atoms with van der Waals surface area (Å²) in [6.07, 6.45) is 1.91. The lowest BCUT2D eigenvalue weighted by molar-refractivity contribution is 0.0762. The van der Waals surface area contributed by atoms with E-state index in [2.05, 4.69) is 5.10 Å². The van der Waals surface area contributed by atoms with Crippen molar-refractivity contribution in [3.8, 4) is 0 Å². The molecule has 0 radical (unpaired) electrons. The Morgan fingerprint density at radius 1 is 1.56 bits per heavy atom. The molecule has 0 aliphatic carbocycles. The molecule has 1 aromatic rings. The van der Waals surface area contributed by atoms with E-state index in [4.69, 9.17) is 0 Å². The van der Waals surface area contributed by atoms with Crippen molar-refractivity contribution in [1.29, 1.82) is 0 Å². The summed E-state index contributed by atoms with van der Waals surface area (Å²) in [5.41, 5.74) is -0.925. The van der Waals surface area contributed by atoms with Gasteiger partial charge >= 0.3 is 0 Å². The summed E-state index contributed by atoms with van der Waals surface area (Å²) in [5.74, 6) is 0. The minimum Gasteiger partial charge on any atom is -0.389 e. The van der Waals surface area contributed by atoms with E-state index >= 15 is 0 Å². The van der Waals surface area contributed by atoms with Crippen LogP contribution in [0.15, 0.2) is 17.3 Å². The number of aromatic nitrogens is 2. The smallest absolute Gasteiger partial charge is 0.260 e. The third-order valence-corrected chi connectivity index (χ3v) is 4.72. The first-order valence-electron chi connectivity index (χ1n) is 5.03. The normalized spacial score (nSPS) is 27.4. The maximum Gasteiger partial charge on any atom is 0.260 e. The Morgan fingerprint density at radius 2 is 2.25 bits per heavy atom. The molecule has 0 spiro atoms. The van der Waals surface area contributed by atoms with Gasteiger partial charge in [-0.2, -0.15) is 9.40 Å². The average Bonchev–Trinajstić information content (AvgIpc) is 2.72. The van der Waals surface area contributed by atoms with Crippen LogP contribution in [0.1, 0.15) is 13.3 Å². The molecule has 1 fully saturated rings. The molecule has 1 saturated heterocycles. The predicted molar refractivity (Wildman–Crippen MR) is 57.2 cm³/mol. The molecule has 1 aliphatic rings. The number of β-amino-alcohol motifs (C(OH)–C–C–N with tert-alkyl or cyclic N) is 1. The van der Waals surface area contributed by atoms with Gasteiger partial charge in [0.25, 0.3) is 10.0 Å². The molecule has 6 nitrogen and oxygen atoms in total. The van der Waals surface area contributed by atoms with Gasteiger partial charge < -0.3 is 5.11 Å². The topological polar surface area (TPSA) is 75.4 Å². The molecule has 1 N–H and O–H groups in total. The van der Waals surface area contributed by atoms with Crippen molar-refractivity contribution in [2.24, 2.45) is 7.05 Å². The lowest BCUT2D eigenvalue weighted by Crippen LogP contribution is -2.34. The zero-order valence-electron chi connectivity index (χ0n) is 9.29. The first kappa shape index (κ1) is 11.6. The zero-order valence-corrected chi connectivity index (χ0v) is 10.1. The van der Waals surface area contributed by atoms with Crippen LogP contribution in [0.25, 0.3) is 0 Å². The van der Waals surface area contributed by atoms with Gasteiger partial charge in [-0.25, -0.2) is 8.42 Å². The van der Waals surface area contributed by atoms with Crippen LogP contribution in [0, 0.1) is 0 Å². The fourth-order valence-electron chi connectivity index (χ4n) is 1.86. The zero-order chi connectivity index (χ0) is 12.0. The van der Waals surface area contributed by atoms with E-state index in [9.17, 15) is 13.5 Å². The monoisotopic (exact) mass is 245 g/mol. The fraction of sp³-hybridized carbons (Fsp3) is 0.667. The molecule has 0 saturated carbocycles. The third kappa shape index (κ3) is 1.85. The van der Waals surface area contributed by atoms with Crippen LogP contribution in [0.4, 0.5) is 0 Å². The summed E-state index contributed by atoms with van der Waals surface area (Å²) in [6.45, 7) is 2.13. The second-order valence-electron chi connectivity index (χ2n) is 4.38. The molecule has 1 unspecified atom stereocenters. The highest BCUT2D eigenvalue weighted by molar-refractivity contribution is 7.89. The van der Waals surface area contributed by atoms with Crippen molar-refractivity contribution in [3.63, 3.8) is 0 Å². The van der Waals surface area contributed by atoms with Crippen LogP contribution in [0.3, 0.4) is 0 Å². The predicted octanol–water partition coefficient (Wildman–Crippen LogP) is -0.434. The Bertz CT molecular complexity index is 492. The highest BCUT2D eigenvalue weighted by Crippen LogP contribution is 2.26. The van der Waals surface area contributed by atoms with Gasteiger partial charge in [0.15, 0.2) is 5.03 Å². The minimum atomic E-state index is -3.52. The molecule has 90 valence electrons. The van der Waals surface area contributed by atoms with E-state index < -0.39 is 15.6 Å². The molecule has 7 heteroatoms. The van der Waals surface area contributed by atoms with Crippen molar-refractivity contribution in [1.82, 2.24) is 14.1 Å². The molecule has 2 rings (SSSR count). The number of rotatable bonds is 2. The second kappa shape index (κ2) is 3.54. The summed E-state index contributed by atoms with van der Waals surface area (Å²) >= 11 is 0. The first-order valence-corrected chi connectivity index (χ1v) is 6.47. The second-order valence-corrected chi connectivity index (χ2v) is 6.26. The Labute approximate surface area is 94.5 Å². The summed E-state index contributed by atoms with van der Waals surface area (Å²) in [7, 11) is -1.94. The summed E-state index contributed by atoms with van der Waals surface area (Å²) in [6, 6.07) is 1.46. The molecule has 1 atom stereocenters. The van der Waals surface area contributed by atoms with E-state index in [1.165, 1.54) is 21.3 Å². The highest BCUT2D eigenvalue weighted by Gasteiger charge is 2.39. The Hall–Kier alpha value is -0.920. The van der Waals surface area contributed by atoms with Crippen molar-refractivity contribution < 1.29 is 13.5 Å². The third-order valence-electron chi connectivity index (χ3n) is 2.80. The van der Waals surface area contributed by atoms with Gasteiger partial charge in [-0.1, -0.05) is 0 Å². The van der Waals surface area contributed by atoms with E-state index in [1.54, 1.807) is 14.0 Å². The molecule has 1 aliphatic heterocycles. The summed E-state index contributed by atoms with van der Waals surface area (Å²) < 4.78 is 26.9. The van der Waals surface area contributed by atoms with Crippen LogP contribution in [-0.2, 0) is 17.1 Å². The maximum atomic E-state index is 12.2. The van der Waals surface area contributed by atoms with Gasteiger partial charge in [0.05, 0.1) is 11.8 Å². The van der Waals surface area contributed by atoms with Crippen LogP contribution in [0.5, 0.6) is 0 Å². The van der Waals surface area contributed by atoms with Crippen LogP contribution >= 0.6 is 0 Å². The van der Waals surface area contributed by atoms with E-state index in [0.717, 1.165) is 0 Å². The lowest BCUT2D eigenvalue weighted by atomic mass is 10.1. The SMILES string of the molecule is Cn1nccc1S(=O)(=O)N1CCC(C)(O)C1. The van der Waals surface area contributed by atoms with Crippen molar-refractivity contribution in [2.75, 3.05) is 13.1 Å². The quantitative estimate of drug-likeness (QED) is 0.767. The fourth-order valence-corrected chi connectivity index (χ4v) is 3.51. The number of hydrogen-bond donors (Lipinski definition) is 1. The molecular formula is C9H15N3O3S. The number of aliphatic hydroxyl groups is 1. The van der Waals surface area contributed by atoms with Crippen molar-refractivity contribution in [3.05, 3.63) is 12.3 Å². The molecule has 0 amide bonds. The van der Waals surface area contributed by atoms with Gasteiger partial charge in [-0.15, -0.1) is 0 Å². The van der Waals surface area contributed by atoms with Gasteiger partial charge in [-0.3, -0.25) is 4.68 Å². The number of hydrogen-bond acceptors (Lipinski definition) is 4.